The number of sulfonamides is 1. The lowest BCUT2D eigenvalue weighted by molar-refractivity contribution is 0.603. The molecule has 2 aromatic rings. The fraction of sp³-hybridized carbons (Fsp3) is 0.231. The van der Waals surface area contributed by atoms with Crippen molar-refractivity contribution in [1.82, 2.24) is 5.32 Å². The molecular formula is C13H14Cl2N2O2S2. The quantitative estimate of drug-likeness (QED) is 0.815. The molecule has 0 bridgehead atoms. The average Bonchev–Trinajstić information content (AvgIpc) is 2.89. The molecule has 1 aromatic carbocycles. The van der Waals surface area contributed by atoms with Crippen LogP contribution in [0.2, 0.25) is 10.0 Å². The van der Waals surface area contributed by atoms with Crippen molar-refractivity contribution in [3.05, 3.63) is 45.3 Å². The molecule has 0 radical (unpaired) electrons. The van der Waals surface area contributed by atoms with Gasteiger partial charge in [-0.1, -0.05) is 30.1 Å². The van der Waals surface area contributed by atoms with E-state index in [0.29, 0.717) is 17.3 Å². The van der Waals surface area contributed by atoms with Gasteiger partial charge in [0.05, 0.1) is 10.7 Å². The molecule has 1 heterocycles. The van der Waals surface area contributed by atoms with Crippen LogP contribution in [0.15, 0.2) is 34.5 Å². The Morgan fingerprint density at radius 3 is 2.62 bits per heavy atom. The van der Waals surface area contributed by atoms with E-state index in [4.69, 9.17) is 23.2 Å². The molecule has 2 rings (SSSR count). The van der Waals surface area contributed by atoms with Gasteiger partial charge in [-0.2, -0.15) is 0 Å². The first kappa shape index (κ1) is 16.6. The Kier molecular flexibility index (Phi) is 5.51. The molecule has 0 atom stereocenters. The Labute approximate surface area is 138 Å². The second-order valence-electron chi connectivity index (χ2n) is 4.23. The van der Waals surface area contributed by atoms with Gasteiger partial charge in [0.1, 0.15) is 4.21 Å². The van der Waals surface area contributed by atoms with Crippen LogP contribution in [0.3, 0.4) is 0 Å². The lowest BCUT2D eigenvalue weighted by atomic mass is 10.3. The molecule has 0 amide bonds. The van der Waals surface area contributed by atoms with Crippen LogP contribution in [0, 0.1) is 0 Å². The molecule has 0 aliphatic carbocycles. The van der Waals surface area contributed by atoms with Gasteiger partial charge in [0, 0.05) is 16.4 Å². The van der Waals surface area contributed by atoms with E-state index in [1.54, 1.807) is 18.2 Å². The van der Waals surface area contributed by atoms with Gasteiger partial charge in [0.25, 0.3) is 10.0 Å². The molecule has 0 spiro atoms. The van der Waals surface area contributed by atoms with Crippen LogP contribution in [0.4, 0.5) is 5.69 Å². The van der Waals surface area contributed by atoms with Crippen LogP contribution < -0.4 is 10.0 Å². The SMILES string of the molecule is CCNCc1ccc(S(=O)(=O)Nc2ccc(Cl)cc2Cl)s1. The highest BCUT2D eigenvalue weighted by molar-refractivity contribution is 7.94. The molecule has 1 aromatic heterocycles. The summed E-state index contributed by atoms with van der Waals surface area (Å²) < 4.78 is 27.3. The number of rotatable bonds is 6. The van der Waals surface area contributed by atoms with Crippen LogP contribution in [-0.2, 0) is 16.6 Å². The number of benzene rings is 1. The summed E-state index contributed by atoms with van der Waals surface area (Å²) in [5.41, 5.74) is 0.308. The lowest BCUT2D eigenvalue weighted by Gasteiger charge is -2.08. The molecule has 0 unspecified atom stereocenters. The highest BCUT2D eigenvalue weighted by atomic mass is 35.5. The summed E-state index contributed by atoms with van der Waals surface area (Å²) in [5, 5.41) is 3.86. The van der Waals surface area contributed by atoms with E-state index in [1.807, 2.05) is 6.92 Å². The first-order chi connectivity index (χ1) is 9.92. The molecule has 0 fully saturated rings. The maximum absolute atomic E-state index is 12.3. The Morgan fingerprint density at radius 2 is 1.95 bits per heavy atom. The Bertz CT molecular complexity index is 730. The molecule has 4 nitrogen and oxygen atoms in total. The average molecular weight is 365 g/mol. The van der Waals surface area contributed by atoms with Crippen LogP contribution in [0.1, 0.15) is 11.8 Å². The lowest BCUT2D eigenvalue weighted by Crippen LogP contribution is -2.12. The second-order valence-corrected chi connectivity index (χ2v) is 8.15. The topological polar surface area (TPSA) is 58.2 Å². The number of thiophene rings is 1. The predicted molar refractivity (Wildman–Crippen MR) is 89.0 cm³/mol. The fourth-order valence-corrected chi connectivity index (χ4v) is 4.53. The second kappa shape index (κ2) is 6.98. The molecule has 0 aliphatic rings. The van der Waals surface area contributed by atoms with Gasteiger partial charge < -0.3 is 5.32 Å². The molecule has 0 aliphatic heterocycles. The summed E-state index contributed by atoms with van der Waals surface area (Å²) in [7, 11) is -3.64. The third-order valence-electron chi connectivity index (χ3n) is 2.63. The zero-order valence-electron chi connectivity index (χ0n) is 11.2. The minimum atomic E-state index is -3.64. The van der Waals surface area contributed by atoms with E-state index < -0.39 is 10.0 Å². The maximum Gasteiger partial charge on any atom is 0.271 e. The molecule has 0 saturated heterocycles. The zero-order valence-corrected chi connectivity index (χ0v) is 14.3. The van der Waals surface area contributed by atoms with Gasteiger partial charge in [0.2, 0.25) is 0 Å². The standard InChI is InChI=1S/C13H14Cl2N2O2S2/c1-2-16-8-10-4-6-13(20-10)21(18,19)17-12-5-3-9(14)7-11(12)15/h3-7,16-17H,2,8H2,1H3. The number of nitrogens with one attached hydrogen (secondary N) is 2. The Hall–Kier alpha value is -0.790. The summed E-state index contributed by atoms with van der Waals surface area (Å²) in [6, 6.07) is 7.99. The van der Waals surface area contributed by atoms with E-state index in [-0.39, 0.29) is 9.23 Å². The minimum Gasteiger partial charge on any atom is -0.312 e. The maximum atomic E-state index is 12.3. The summed E-state index contributed by atoms with van der Waals surface area (Å²) in [6.07, 6.45) is 0. The largest absolute Gasteiger partial charge is 0.312 e. The normalized spacial score (nSPS) is 11.6. The molecule has 0 saturated carbocycles. The third-order valence-corrected chi connectivity index (χ3v) is 6.12. The van der Waals surface area contributed by atoms with Gasteiger partial charge in [0.15, 0.2) is 0 Å². The Morgan fingerprint density at radius 1 is 1.19 bits per heavy atom. The van der Waals surface area contributed by atoms with Crippen LogP contribution in [0.5, 0.6) is 0 Å². The third kappa shape index (κ3) is 4.34. The van der Waals surface area contributed by atoms with Crippen molar-refractivity contribution in [2.45, 2.75) is 17.7 Å². The van der Waals surface area contributed by atoms with Crippen molar-refractivity contribution in [3.63, 3.8) is 0 Å². The first-order valence-corrected chi connectivity index (χ1v) is 9.25. The van der Waals surface area contributed by atoms with E-state index in [2.05, 4.69) is 10.0 Å². The van der Waals surface area contributed by atoms with Gasteiger partial charge in [-0.05, 0) is 36.9 Å². The number of hydrogen-bond acceptors (Lipinski definition) is 4. The predicted octanol–water partition coefficient (Wildman–Crippen LogP) is 3.97. The summed E-state index contributed by atoms with van der Waals surface area (Å²) in [6.45, 7) is 3.48. The van der Waals surface area contributed by atoms with Crippen molar-refractivity contribution in [1.29, 1.82) is 0 Å². The van der Waals surface area contributed by atoms with Crippen molar-refractivity contribution in [2.24, 2.45) is 0 Å². The monoisotopic (exact) mass is 364 g/mol. The summed E-state index contributed by atoms with van der Waals surface area (Å²) >= 11 is 13.0. The van der Waals surface area contributed by atoms with E-state index >= 15 is 0 Å². The number of anilines is 1. The van der Waals surface area contributed by atoms with E-state index in [9.17, 15) is 8.42 Å². The van der Waals surface area contributed by atoms with Crippen molar-refractivity contribution in [2.75, 3.05) is 11.3 Å². The van der Waals surface area contributed by atoms with E-state index in [1.165, 1.54) is 23.5 Å². The number of hydrogen-bond donors (Lipinski definition) is 2. The van der Waals surface area contributed by atoms with Crippen LogP contribution in [0.25, 0.3) is 0 Å². The van der Waals surface area contributed by atoms with Crippen molar-refractivity contribution >= 4 is 50.2 Å². The van der Waals surface area contributed by atoms with Gasteiger partial charge >= 0.3 is 0 Å². The summed E-state index contributed by atoms with van der Waals surface area (Å²) in [4.78, 5) is 0.958. The highest BCUT2D eigenvalue weighted by Gasteiger charge is 2.18. The summed E-state index contributed by atoms with van der Waals surface area (Å²) in [5.74, 6) is 0. The van der Waals surface area contributed by atoms with E-state index in [0.717, 1.165) is 11.4 Å². The number of halogens is 2. The molecule has 21 heavy (non-hydrogen) atoms. The first-order valence-electron chi connectivity index (χ1n) is 6.19. The minimum absolute atomic E-state index is 0.251. The Balaban J connectivity index is 2.19. The van der Waals surface area contributed by atoms with Crippen molar-refractivity contribution in [3.8, 4) is 0 Å². The fourth-order valence-electron chi connectivity index (χ4n) is 1.61. The molecular weight excluding hydrogens is 351 g/mol. The smallest absolute Gasteiger partial charge is 0.271 e. The zero-order chi connectivity index (χ0) is 15.5. The van der Waals surface area contributed by atoms with Gasteiger partial charge in [-0.3, -0.25) is 4.72 Å². The molecule has 2 N–H and O–H groups in total. The molecule has 8 heteroatoms. The highest BCUT2D eigenvalue weighted by Crippen LogP contribution is 2.29. The van der Waals surface area contributed by atoms with Crippen LogP contribution >= 0.6 is 34.5 Å². The molecule has 114 valence electrons. The van der Waals surface area contributed by atoms with Gasteiger partial charge in [-0.25, -0.2) is 8.42 Å². The van der Waals surface area contributed by atoms with Gasteiger partial charge in [-0.15, -0.1) is 11.3 Å². The van der Waals surface area contributed by atoms with Crippen LogP contribution in [-0.4, -0.2) is 15.0 Å². The van der Waals surface area contributed by atoms with Crippen molar-refractivity contribution < 1.29 is 8.42 Å².